The van der Waals surface area contributed by atoms with Gasteiger partial charge in [0.1, 0.15) is 11.3 Å². The molecule has 0 aromatic carbocycles. The number of furan rings is 1. The second kappa shape index (κ2) is 8.27. The average Bonchev–Trinajstić information content (AvgIpc) is 2.91. The molecule has 1 unspecified atom stereocenters. The van der Waals surface area contributed by atoms with Crippen molar-refractivity contribution in [1.82, 2.24) is 5.32 Å². The standard InChI is InChI=1S/C14H23NO3S/c1-4-15-14(2,13(16)17-3)8-6-10-19-11-12-7-5-9-18-12/h5,7,9,15H,4,6,8,10-11H2,1-3H3. The monoisotopic (exact) mass is 285 g/mol. The predicted octanol–water partition coefficient (Wildman–Crippen LogP) is 2.83. The van der Waals surface area contributed by atoms with E-state index in [1.54, 1.807) is 6.26 Å². The van der Waals surface area contributed by atoms with Crippen LogP contribution in [0.3, 0.4) is 0 Å². The zero-order valence-corrected chi connectivity index (χ0v) is 12.7. The second-order valence-corrected chi connectivity index (χ2v) is 5.69. The summed E-state index contributed by atoms with van der Waals surface area (Å²) in [6.07, 6.45) is 3.43. The Bertz CT molecular complexity index is 367. The van der Waals surface area contributed by atoms with Gasteiger partial charge in [-0.1, -0.05) is 6.92 Å². The van der Waals surface area contributed by atoms with Crippen molar-refractivity contribution < 1.29 is 13.9 Å². The first-order chi connectivity index (χ1) is 9.12. The zero-order chi connectivity index (χ0) is 14.1. The van der Waals surface area contributed by atoms with Crippen LogP contribution in [-0.2, 0) is 15.3 Å². The van der Waals surface area contributed by atoms with Crippen molar-refractivity contribution in [1.29, 1.82) is 0 Å². The Morgan fingerprint density at radius 1 is 1.58 bits per heavy atom. The molecule has 0 saturated carbocycles. The largest absolute Gasteiger partial charge is 0.468 e. The molecule has 1 heterocycles. The lowest BCUT2D eigenvalue weighted by Gasteiger charge is -2.27. The first-order valence-electron chi connectivity index (χ1n) is 6.56. The first kappa shape index (κ1) is 16.1. The molecule has 0 bridgehead atoms. The highest BCUT2D eigenvalue weighted by molar-refractivity contribution is 7.98. The number of rotatable bonds is 9. The van der Waals surface area contributed by atoms with Crippen LogP contribution in [0.15, 0.2) is 22.8 Å². The average molecular weight is 285 g/mol. The Morgan fingerprint density at radius 2 is 2.37 bits per heavy atom. The predicted molar refractivity (Wildman–Crippen MR) is 78.2 cm³/mol. The Morgan fingerprint density at radius 3 is 2.95 bits per heavy atom. The van der Waals surface area contributed by atoms with Crippen LogP contribution in [0.5, 0.6) is 0 Å². The Balaban J connectivity index is 2.26. The number of hydrogen-bond acceptors (Lipinski definition) is 5. The molecule has 0 aliphatic heterocycles. The first-order valence-corrected chi connectivity index (χ1v) is 7.71. The summed E-state index contributed by atoms with van der Waals surface area (Å²) in [5.41, 5.74) is -0.575. The van der Waals surface area contributed by atoms with Gasteiger partial charge in [-0.3, -0.25) is 4.79 Å². The molecule has 0 saturated heterocycles. The van der Waals surface area contributed by atoms with Gasteiger partial charge >= 0.3 is 5.97 Å². The van der Waals surface area contributed by atoms with E-state index in [4.69, 9.17) is 9.15 Å². The molecule has 0 amide bonds. The van der Waals surface area contributed by atoms with Crippen molar-refractivity contribution in [2.24, 2.45) is 0 Å². The summed E-state index contributed by atoms with van der Waals surface area (Å²) in [5, 5.41) is 3.21. The Hall–Kier alpha value is -0.940. The summed E-state index contributed by atoms with van der Waals surface area (Å²) in [6, 6.07) is 3.87. The van der Waals surface area contributed by atoms with Crippen molar-refractivity contribution in [3.63, 3.8) is 0 Å². The zero-order valence-electron chi connectivity index (χ0n) is 11.9. The van der Waals surface area contributed by atoms with Crippen molar-refractivity contribution in [2.45, 2.75) is 38.0 Å². The Kier molecular flexibility index (Phi) is 7.02. The quantitative estimate of drug-likeness (QED) is 0.558. The third kappa shape index (κ3) is 5.28. The van der Waals surface area contributed by atoms with Gasteiger partial charge in [0.25, 0.3) is 0 Å². The van der Waals surface area contributed by atoms with Crippen molar-refractivity contribution >= 4 is 17.7 Å². The normalized spacial score (nSPS) is 14.1. The SMILES string of the molecule is CCNC(C)(CCCSCc1ccco1)C(=O)OC. The molecule has 108 valence electrons. The third-order valence-electron chi connectivity index (χ3n) is 2.99. The summed E-state index contributed by atoms with van der Waals surface area (Å²) in [6.45, 7) is 4.65. The number of ether oxygens (including phenoxy) is 1. The van der Waals surface area contributed by atoms with E-state index in [9.17, 15) is 4.79 Å². The number of hydrogen-bond donors (Lipinski definition) is 1. The molecule has 1 aromatic rings. The summed E-state index contributed by atoms with van der Waals surface area (Å²) in [5.74, 6) is 2.68. The van der Waals surface area contributed by atoms with Gasteiger partial charge in [-0.15, -0.1) is 0 Å². The highest BCUT2D eigenvalue weighted by atomic mass is 32.2. The van der Waals surface area contributed by atoms with E-state index < -0.39 is 5.54 Å². The van der Waals surface area contributed by atoms with E-state index in [1.165, 1.54) is 7.11 Å². The molecule has 0 radical (unpaired) electrons. The van der Waals surface area contributed by atoms with Gasteiger partial charge in [-0.2, -0.15) is 11.8 Å². The topological polar surface area (TPSA) is 51.5 Å². The maximum atomic E-state index is 11.8. The lowest BCUT2D eigenvalue weighted by molar-refractivity contribution is -0.148. The number of carbonyl (C=O) groups is 1. The highest BCUT2D eigenvalue weighted by Gasteiger charge is 2.32. The fraction of sp³-hybridized carbons (Fsp3) is 0.643. The molecule has 1 aromatic heterocycles. The van der Waals surface area contributed by atoms with Gasteiger partial charge in [0.2, 0.25) is 0 Å². The molecule has 4 nitrogen and oxygen atoms in total. The van der Waals surface area contributed by atoms with Crippen molar-refractivity contribution in [3.8, 4) is 0 Å². The van der Waals surface area contributed by atoms with Crippen LogP contribution in [0.2, 0.25) is 0 Å². The lowest BCUT2D eigenvalue weighted by atomic mass is 9.96. The molecule has 0 fully saturated rings. The van der Waals surface area contributed by atoms with Crippen LogP contribution in [0.25, 0.3) is 0 Å². The minimum absolute atomic E-state index is 0.189. The molecular formula is C14H23NO3S. The van der Waals surface area contributed by atoms with Gasteiger partial charge in [0.15, 0.2) is 0 Å². The van der Waals surface area contributed by atoms with Crippen LogP contribution in [0, 0.1) is 0 Å². The molecule has 5 heteroatoms. The third-order valence-corrected chi connectivity index (χ3v) is 4.06. The number of nitrogens with one attached hydrogen (secondary N) is 1. The Labute approximate surface area is 119 Å². The molecule has 1 atom stereocenters. The van der Waals surface area contributed by atoms with E-state index in [1.807, 2.05) is 37.7 Å². The van der Waals surface area contributed by atoms with Gasteiger partial charge in [0.05, 0.1) is 19.1 Å². The molecule has 1 N–H and O–H groups in total. The second-order valence-electron chi connectivity index (χ2n) is 4.59. The number of thioether (sulfide) groups is 1. The number of esters is 1. The van der Waals surface area contributed by atoms with Gasteiger partial charge in [0, 0.05) is 0 Å². The van der Waals surface area contributed by atoms with E-state index in [0.29, 0.717) is 0 Å². The molecule has 1 rings (SSSR count). The van der Waals surface area contributed by atoms with Crippen LogP contribution >= 0.6 is 11.8 Å². The van der Waals surface area contributed by atoms with Gasteiger partial charge in [-0.05, 0) is 44.2 Å². The molecule has 0 aliphatic rings. The van der Waals surface area contributed by atoms with Crippen molar-refractivity contribution in [2.75, 3.05) is 19.4 Å². The van der Waals surface area contributed by atoms with E-state index in [0.717, 1.165) is 36.7 Å². The fourth-order valence-electron chi connectivity index (χ4n) is 1.97. The molecule has 19 heavy (non-hydrogen) atoms. The molecule has 0 spiro atoms. The maximum absolute atomic E-state index is 11.8. The van der Waals surface area contributed by atoms with Crippen molar-refractivity contribution in [3.05, 3.63) is 24.2 Å². The summed E-state index contributed by atoms with van der Waals surface area (Å²) in [7, 11) is 1.43. The highest BCUT2D eigenvalue weighted by Crippen LogP contribution is 2.19. The summed E-state index contributed by atoms with van der Waals surface area (Å²) < 4.78 is 10.1. The van der Waals surface area contributed by atoms with E-state index in [2.05, 4.69) is 5.32 Å². The summed E-state index contributed by atoms with van der Waals surface area (Å²) in [4.78, 5) is 11.8. The smallest absolute Gasteiger partial charge is 0.325 e. The van der Waals surface area contributed by atoms with Crippen LogP contribution in [0.1, 0.15) is 32.4 Å². The number of likely N-dealkylation sites (N-methyl/N-ethyl adjacent to an activating group) is 1. The van der Waals surface area contributed by atoms with Gasteiger partial charge < -0.3 is 14.5 Å². The fourth-order valence-corrected chi connectivity index (χ4v) is 2.83. The number of carbonyl (C=O) groups excluding carboxylic acids is 1. The van der Waals surface area contributed by atoms with E-state index in [-0.39, 0.29) is 5.97 Å². The van der Waals surface area contributed by atoms with Crippen LogP contribution < -0.4 is 5.32 Å². The maximum Gasteiger partial charge on any atom is 0.325 e. The minimum Gasteiger partial charge on any atom is -0.468 e. The van der Waals surface area contributed by atoms with Crippen LogP contribution in [-0.4, -0.2) is 30.9 Å². The lowest BCUT2D eigenvalue weighted by Crippen LogP contribution is -2.50. The molecular weight excluding hydrogens is 262 g/mol. The van der Waals surface area contributed by atoms with Gasteiger partial charge in [-0.25, -0.2) is 0 Å². The number of methoxy groups -OCH3 is 1. The summed E-state index contributed by atoms with van der Waals surface area (Å²) >= 11 is 1.82. The molecule has 0 aliphatic carbocycles. The minimum atomic E-state index is -0.575. The van der Waals surface area contributed by atoms with Crippen LogP contribution in [0.4, 0.5) is 0 Å². The van der Waals surface area contributed by atoms with E-state index >= 15 is 0 Å².